The second-order valence-corrected chi connectivity index (χ2v) is 5.75. The normalized spacial score (nSPS) is 20.4. The minimum Gasteiger partial charge on any atom is -0.333 e. The second-order valence-electron chi connectivity index (χ2n) is 4.18. The van der Waals surface area contributed by atoms with Crippen molar-refractivity contribution < 1.29 is 4.79 Å². The maximum absolute atomic E-state index is 12.3. The van der Waals surface area contributed by atoms with E-state index in [1.165, 1.54) is 0 Å². The van der Waals surface area contributed by atoms with Gasteiger partial charge in [-0.15, -0.1) is 0 Å². The Kier molecular flexibility index (Phi) is 4.27. The van der Waals surface area contributed by atoms with Gasteiger partial charge in [0.25, 0.3) is 5.91 Å². The topological polar surface area (TPSA) is 32.3 Å². The van der Waals surface area contributed by atoms with Crippen LogP contribution in [0.15, 0.2) is 18.2 Å². The molecule has 0 bridgehead atoms. The summed E-state index contributed by atoms with van der Waals surface area (Å²) in [6.45, 7) is 4.54. The highest BCUT2D eigenvalue weighted by Crippen LogP contribution is 2.21. The number of carbonyl (C=O) groups excluding carboxylic acids is 1. The fourth-order valence-corrected chi connectivity index (χ4v) is 2.57. The van der Waals surface area contributed by atoms with Crippen molar-refractivity contribution in [2.24, 2.45) is 0 Å². The van der Waals surface area contributed by atoms with E-state index in [-0.39, 0.29) is 11.9 Å². The first-order chi connectivity index (χ1) is 8.09. The van der Waals surface area contributed by atoms with Crippen LogP contribution in [0, 0.1) is 3.57 Å². The zero-order chi connectivity index (χ0) is 12.4. The molecule has 1 fully saturated rings. The van der Waals surface area contributed by atoms with E-state index in [0.717, 1.165) is 23.2 Å². The Bertz CT molecular complexity index is 439. The van der Waals surface area contributed by atoms with Crippen LogP contribution in [0.5, 0.6) is 0 Å². The molecule has 0 saturated carbocycles. The van der Waals surface area contributed by atoms with Crippen LogP contribution in [-0.4, -0.2) is 36.5 Å². The Morgan fingerprint density at radius 3 is 3.00 bits per heavy atom. The molecule has 1 N–H and O–H groups in total. The molecule has 0 aliphatic carbocycles. The number of benzene rings is 1. The van der Waals surface area contributed by atoms with Gasteiger partial charge in [0.05, 0.1) is 5.02 Å². The van der Waals surface area contributed by atoms with Crippen molar-refractivity contribution in [2.75, 3.05) is 19.6 Å². The number of rotatable bonds is 1. The Hall–Kier alpha value is -0.330. The average Bonchev–Trinajstić information content (AvgIpc) is 2.32. The van der Waals surface area contributed by atoms with Crippen LogP contribution in [0.2, 0.25) is 5.02 Å². The van der Waals surface area contributed by atoms with Gasteiger partial charge in [-0.25, -0.2) is 0 Å². The lowest BCUT2D eigenvalue weighted by Crippen LogP contribution is -2.52. The number of carbonyl (C=O) groups is 1. The van der Waals surface area contributed by atoms with Crippen LogP contribution in [0.1, 0.15) is 17.3 Å². The third kappa shape index (κ3) is 2.92. The molecule has 1 aromatic rings. The molecule has 1 amide bonds. The zero-order valence-corrected chi connectivity index (χ0v) is 12.5. The molecule has 0 aromatic heterocycles. The van der Waals surface area contributed by atoms with Crippen molar-refractivity contribution in [3.05, 3.63) is 32.4 Å². The molecule has 1 aliphatic heterocycles. The van der Waals surface area contributed by atoms with E-state index in [4.69, 9.17) is 11.6 Å². The minimum atomic E-state index is 0.0913. The van der Waals surface area contributed by atoms with Gasteiger partial charge in [0.15, 0.2) is 0 Å². The monoisotopic (exact) mass is 364 g/mol. The molecule has 1 atom stereocenters. The number of halogens is 2. The number of amides is 1. The molecule has 1 unspecified atom stereocenters. The van der Waals surface area contributed by atoms with Crippen molar-refractivity contribution >= 4 is 40.1 Å². The predicted octanol–water partition coefficient (Wildman–Crippen LogP) is 2.38. The van der Waals surface area contributed by atoms with E-state index in [9.17, 15) is 4.79 Å². The Labute approximate surface area is 120 Å². The molecule has 5 heteroatoms. The van der Waals surface area contributed by atoms with Crippen molar-refractivity contribution in [3.8, 4) is 0 Å². The van der Waals surface area contributed by atoms with Gasteiger partial charge in [-0.1, -0.05) is 11.6 Å². The highest BCUT2D eigenvalue weighted by atomic mass is 127. The first-order valence-electron chi connectivity index (χ1n) is 5.56. The van der Waals surface area contributed by atoms with E-state index >= 15 is 0 Å². The van der Waals surface area contributed by atoms with E-state index < -0.39 is 0 Å². The predicted molar refractivity (Wildman–Crippen MR) is 77.5 cm³/mol. The van der Waals surface area contributed by atoms with Crippen LogP contribution < -0.4 is 5.32 Å². The molecule has 17 heavy (non-hydrogen) atoms. The van der Waals surface area contributed by atoms with Gasteiger partial charge in [0.1, 0.15) is 0 Å². The minimum absolute atomic E-state index is 0.0913. The third-order valence-electron chi connectivity index (χ3n) is 2.93. The van der Waals surface area contributed by atoms with E-state index in [1.54, 1.807) is 12.1 Å². The Balaban J connectivity index is 2.21. The molecular formula is C12H14ClIN2O. The largest absolute Gasteiger partial charge is 0.333 e. The first kappa shape index (κ1) is 13.1. The standard InChI is InChI=1S/C12H14ClIN2O/c1-8-7-15-4-5-16(8)12(17)9-2-3-10(13)11(14)6-9/h2-3,6,8,15H,4-5,7H2,1H3. The van der Waals surface area contributed by atoms with Crippen molar-refractivity contribution in [3.63, 3.8) is 0 Å². The Morgan fingerprint density at radius 1 is 1.59 bits per heavy atom. The molecule has 92 valence electrons. The van der Waals surface area contributed by atoms with Crippen LogP contribution in [0.4, 0.5) is 0 Å². The number of nitrogens with zero attached hydrogens (tertiary/aromatic N) is 1. The van der Waals surface area contributed by atoms with Crippen molar-refractivity contribution in [1.29, 1.82) is 0 Å². The summed E-state index contributed by atoms with van der Waals surface area (Å²) < 4.78 is 0.915. The number of hydrogen-bond acceptors (Lipinski definition) is 2. The van der Waals surface area contributed by atoms with Gasteiger partial charge in [0, 0.05) is 34.8 Å². The van der Waals surface area contributed by atoms with E-state index in [1.807, 2.05) is 11.0 Å². The molecule has 2 rings (SSSR count). The molecule has 1 aliphatic rings. The lowest BCUT2D eigenvalue weighted by Gasteiger charge is -2.34. The number of hydrogen-bond donors (Lipinski definition) is 1. The van der Waals surface area contributed by atoms with Gasteiger partial charge in [-0.2, -0.15) is 0 Å². The van der Waals surface area contributed by atoms with Gasteiger partial charge in [0.2, 0.25) is 0 Å². The van der Waals surface area contributed by atoms with Crippen LogP contribution in [0.3, 0.4) is 0 Å². The summed E-state index contributed by atoms with van der Waals surface area (Å²) in [5, 5.41) is 3.97. The highest BCUT2D eigenvalue weighted by Gasteiger charge is 2.24. The van der Waals surface area contributed by atoms with Crippen LogP contribution in [-0.2, 0) is 0 Å². The SMILES string of the molecule is CC1CNCCN1C(=O)c1ccc(Cl)c(I)c1. The molecule has 0 radical (unpaired) electrons. The number of piperazine rings is 1. The lowest BCUT2D eigenvalue weighted by molar-refractivity contribution is 0.0655. The quantitative estimate of drug-likeness (QED) is 0.776. The third-order valence-corrected chi connectivity index (χ3v) is 4.47. The molecular weight excluding hydrogens is 351 g/mol. The van der Waals surface area contributed by atoms with Gasteiger partial charge >= 0.3 is 0 Å². The average molecular weight is 365 g/mol. The zero-order valence-electron chi connectivity index (χ0n) is 9.54. The summed E-state index contributed by atoms with van der Waals surface area (Å²) in [5.74, 6) is 0.0913. The molecule has 1 saturated heterocycles. The van der Waals surface area contributed by atoms with Crippen LogP contribution >= 0.6 is 34.2 Å². The lowest BCUT2D eigenvalue weighted by atomic mass is 10.1. The molecule has 3 nitrogen and oxygen atoms in total. The molecule has 1 aromatic carbocycles. The van der Waals surface area contributed by atoms with Crippen molar-refractivity contribution in [2.45, 2.75) is 13.0 Å². The maximum atomic E-state index is 12.3. The summed E-state index contributed by atoms with van der Waals surface area (Å²) in [7, 11) is 0. The fourth-order valence-electron chi connectivity index (χ4n) is 1.94. The highest BCUT2D eigenvalue weighted by molar-refractivity contribution is 14.1. The second kappa shape index (κ2) is 5.54. The first-order valence-corrected chi connectivity index (χ1v) is 7.02. The number of nitrogens with one attached hydrogen (secondary N) is 1. The molecule has 1 heterocycles. The van der Waals surface area contributed by atoms with Crippen LogP contribution in [0.25, 0.3) is 0 Å². The van der Waals surface area contributed by atoms with Crippen molar-refractivity contribution in [1.82, 2.24) is 10.2 Å². The summed E-state index contributed by atoms with van der Waals surface area (Å²) in [6.07, 6.45) is 0. The molecule has 0 spiro atoms. The maximum Gasteiger partial charge on any atom is 0.254 e. The summed E-state index contributed by atoms with van der Waals surface area (Å²) in [5.41, 5.74) is 0.715. The van der Waals surface area contributed by atoms with Gasteiger partial charge in [-0.05, 0) is 47.7 Å². The van der Waals surface area contributed by atoms with E-state index in [0.29, 0.717) is 10.6 Å². The van der Waals surface area contributed by atoms with E-state index in [2.05, 4.69) is 34.8 Å². The summed E-state index contributed by atoms with van der Waals surface area (Å²) in [4.78, 5) is 14.2. The summed E-state index contributed by atoms with van der Waals surface area (Å²) in [6, 6.07) is 5.66. The smallest absolute Gasteiger partial charge is 0.254 e. The van der Waals surface area contributed by atoms with Gasteiger partial charge in [-0.3, -0.25) is 4.79 Å². The summed E-state index contributed by atoms with van der Waals surface area (Å²) >= 11 is 8.10. The van der Waals surface area contributed by atoms with Gasteiger partial charge < -0.3 is 10.2 Å². The Morgan fingerprint density at radius 2 is 2.35 bits per heavy atom. The fraction of sp³-hybridized carbons (Fsp3) is 0.417.